The zero-order valence-corrected chi connectivity index (χ0v) is 16.5. The molecule has 7 nitrogen and oxygen atoms in total. The van der Waals surface area contributed by atoms with Crippen LogP contribution in [0.15, 0.2) is 79.0 Å². The quantitative estimate of drug-likeness (QED) is 0.681. The molecule has 0 aliphatic heterocycles. The third-order valence-corrected chi connectivity index (χ3v) is 5.07. The highest BCUT2D eigenvalue weighted by Crippen LogP contribution is 2.33. The van der Waals surface area contributed by atoms with Crippen molar-refractivity contribution < 1.29 is 9.84 Å². The van der Waals surface area contributed by atoms with Gasteiger partial charge in [-0.2, -0.15) is 5.26 Å². The minimum atomic E-state index is -0.224. The second-order valence-corrected chi connectivity index (χ2v) is 6.94. The maximum atomic E-state index is 9.69. The Labute approximate surface area is 174 Å². The van der Waals surface area contributed by atoms with Crippen LogP contribution in [0.25, 0.3) is 5.57 Å². The van der Waals surface area contributed by atoms with Crippen molar-refractivity contribution in [2.45, 2.75) is 13.0 Å². The molecule has 0 spiro atoms. The lowest BCUT2D eigenvalue weighted by molar-refractivity contribution is 0.415. The van der Waals surface area contributed by atoms with Gasteiger partial charge in [-0.25, -0.2) is 4.68 Å². The molecule has 0 saturated heterocycles. The van der Waals surface area contributed by atoms with E-state index in [1.165, 1.54) is 0 Å². The molecule has 150 valence electrons. The Bertz CT molecular complexity index is 1090. The Hall–Kier alpha value is -4.05. The zero-order valence-electron chi connectivity index (χ0n) is 16.5. The van der Waals surface area contributed by atoms with E-state index >= 15 is 0 Å². The summed E-state index contributed by atoms with van der Waals surface area (Å²) < 4.78 is 7.07. The number of phenolic OH excluding ortho intramolecular Hbond substituents is 1. The van der Waals surface area contributed by atoms with Gasteiger partial charge in [-0.3, -0.25) is 5.01 Å². The van der Waals surface area contributed by atoms with Gasteiger partial charge < -0.3 is 9.84 Å². The number of nitrogens with zero attached hydrogens (tertiary/aromatic N) is 5. The summed E-state index contributed by atoms with van der Waals surface area (Å²) >= 11 is 0. The molecule has 0 radical (unpaired) electrons. The van der Waals surface area contributed by atoms with Crippen molar-refractivity contribution in [2.24, 2.45) is 5.92 Å². The maximum absolute atomic E-state index is 9.69. The van der Waals surface area contributed by atoms with E-state index in [4.69, 9.17) is 4.74 Å². The van der Waals surface area contributed by atoms with Crippen LogP contribution in [0.4, 0.5) is 0 Å². The summed E-state index contributed by atoms with van der Waals surface area (Å²) in [6.07, 6.45) is 7.98. The summed E-state index contributed by atoms with van der Waals surface area (Å²) in [6.45, 7) is 0.549. The molecule has 1 aliphatic rings. The number of aromatic hydroxyl groups is 1. The van der Waals surface area contributed by atoms with E-state index in [9.17, 15) is 10.4 Å². The Morgan fingerprint density at radius 3 is 2.47 bits per heavy atom. The predicted molar refractivity (Wildman–Crippen MR) is 113 cm³/mol. The lowest BCUT2D eigenvalue weighted by atomic mass is 9.86. The van der Waals surface area contributed by atoms with Crippen LogP contribution in [0.3, 0.4) is 0 Å². The summed E-state index contributed by atoms with van der Waals surface area (Å²) in [7, 11) is 1.63. The molecular formula is C23H21N5O2. The predicted octanol–water partition coefficient (Wildman–Crippen LogP) is 3.64. The average molecular weight is 399 g/mol. The van der Waals surface area contributed by atoms with Crippen molar-refractivity contribution in [3.63, 3.8) is 0 Å². The van der Waals surface area contributed by atoms with E-state index < -0.39 is 0 Å². The molecule has 0 bridgehead atoms. The summed E-state index contributed by atoms with van der Waals surface area (Å²) in [4.78, 5) is 0. The molecule has 1 atom stereocenters. The molecule has 3 aromatic rings. The smallest absolute Gasteiger partial charge is 0.139 e. The van der Waals surface area contributed by atoms with Gasteiger partial charge in [0, 0.05) is 0 Å². The number of nitriles is 1. The minimum Gasteiger partial charge on any atom is -0.508 e. The van der Waals surface area contributed by atoms with Crippen molar-refractivity contribution in [3.05, 3.63) is 90.2 Å². The summed E-state index contributed by atoms with van der Waals surface area (Å²) in [5.74, 6) is 0.779. The van der Waals surface area contributed by atoms with Crippen LogP contribution in [-0.2, 0) is 6.54 Å². The van der Waals surface area contributed by atoms with Crippen molar-refractivity contribution in [2.75, 3.05) is 12.1 Å². The van der Waals surface area contributed by atoms with Crippen LogP contribution in [0.5, 0.6) is 11.5 Å². The highest BCUT2D eigenvalue weighted by molar-refractivity contribution is 5.74. The van der Waals surface area contributed by atoms with Crippen molar-refractivity contribution >= 4 is 5.57 Å². The first-order chi connectivity index (χ1) is 14.7. The minimum absolute atomic E-state index is 0.224. The Morgan fingerprint density at radius 2 is 1.83 bits per heavy atom. The van der Waals surface area contributed by atoms with Crippen LogP contribution < -0.4 is 9.75 Å². The number of aromatic nitrogens is 3. The first kappa shape index (κ1) is 19.3. The largest absolute Gasteiger partial charge is 0.508 e. The molecule has 2 aromatic carbocycles. The molecule has 0 amide bonds. The van der Waals surface area contributed by atoms with Crippen molar-refractivity contribution in [3.8, 4) is 17.6 Å². The number of methoxy groups -OCH3 is 1. The number of allylic oxidation sites excluding steroid dienone is 3. The van der Waals surface area contributed by atoms with Gasteiger partial charge in [-0.15, -0.1) is 10.2 Å². The van der Waals surface area contributed by atoms with Gasteiger partial charge in [0.05, 0.1) is 31.3 Å². The Balaban J connectivity index is 1.70. The lowest BCUT2D eigenvalue weighted by Crippen LogP contribution is -2.32. The van der Waals surface area contributed by atoms with Gasteiger partial charge in [-0.05, 0) is 53.5 Å². The monoisotopic (exact) mass is 399 g/mol. The first-order valence-corrected chi connectivity index (χ1v) is 9.54. The van der Waals surface area contributed by atoms with Gasteiger partial charge in [-0.1, -0.05) is 30.3 Å². The third kappa shape index (κ3) is 4.03. The zero-order chi connectivity index (χ0) is 20.9. The molecule has 7 heteroatoms. The fourth-order valence-corrected chi connectivity index (χ4v) is 3.46. The average Bonchev–Trinajstić information content (AvgIpc) is 3.33. The molecule has 4 rings (SSSR count). The van der Waals surface area contributed by atoms with E-state index in [0.717, 1.165) is 28.1 Å². The number of ether oxygens (including phenoxy) is 1. The normalized spacial score (nSPS) is 15.7. The van der Waals surface area contributed by atoms with Gasteiger partial charge in [0.25, 0.3) is 0 Å². The van der Waals surface area contributed by atoms with Crippen molar-refractivity contribution in [1.29, 1.82) is 5.26 Å². The molecule has 1 heterocycles. The van der Waals surface area contributed by atoms with E-state index in [1.54, 1.807) is 31.9 Å². The summed E-state index contributed by atoms with van der Waals surface area (Å²) in [6, 6.07) is 17.2. The fourth-order valence-electron chi connectivity index (χ4n) is 3.46. The molecule has 0 fully saturated rings. The second kappa shape index (κ2) is 8.53. The first-order valence-electron chi connectivity index (χ1n) is 9.54. The third-order valence-electron chi connectivity index (χ3n) is 5.07. The van der Waals surface area contributed by atoms with Crippen LogP contribution >= 0.6 is 0 Å². The van der Waals surface area contributed by atoms with Crippen LogP contribution in [0, 0.1) is 17.2 Å². The molecule has 30 heavy (non-hydrogen) atoms. The van der Waals surface area contributed by atoms with E-state index in [2.05, 4.69) is 22.3 Å². The van der Waals surface area contributed by atoms with Gasteiger partial charge >= 0.3 is 0 Å². The molecule has 0 saturated carbocycles. The summed E-state index contributed by atoms with van der Waals surface area (Å²) in [5, 5.41) is 29.2. The molecule has 1 aliphatic carbocycles. The van der Waals surface area contributed by atoms with E-state index in [-0.39, 0.29) is 11.7 Å². The number of phenols is 1. The lowest BCUT2D eigenvalue weighted by Gasteiger charge is -2.29. The molecule has 1 unspecified atom stereocenters. The fraction of sp³-hybridized carbons (Fsp3) is 0.174. The SMILES string of the molecule is COc1ccc(C2=CC(N(Cc3ccc(O)cc3)n3cnnc3)=CCC2C#N)cc1. The Kier molecular flexibility index (Phi) is 5.48. The number of benzene rings is 2. The highest BCUT2D eigenvalue weighted by Gasteiger charge is 2.22. The van der Waals surface area contributed by atoms with Crippen LogP contribution in [-0.4, -0.2) is 27.1 Å². The van der Waals surface area contributed by atoms with Crippen LogP contribution in [0.1, 0.15) is 17.5 Å². The summed E-state index contributed by atoms with van der Waals surface area (Å²) in [5.41, 5.74) is 3.91. The highest BCUT2D eigenvalue weighted by atomic mass is 16.5. The van der Waals surface area contributed by atoms with E-state index in [0.29, 0.717) is 13.0 Å². The number of hydrogen-bond donors (Lipinski definition) is 1. The van der Waals surface area contributed by atoms with Crippen molar-refractivity contribution in [1.82, 2.24) is 14.9 Å². The maximum Gasteiger partial charge on any atom is 0.139 e. The topological polar surface area (TPSA) is 87.2 Å². The molecule has 1 aromatic heterocycles. The van der Waals surface area contributed by atoms with Gasteiger partial charge in [0.2, 0.25) is 0 Å². The number of hydrogen-bond acceptors (Lipinski definition) is 6. The van der Waals surface area contributed by atoms with Gasteiger partial charge in [0.1, 0.15) is 24.2 Å². The molecular weight excluding hydrogens is 378 g/mol. The standard InChI is InChI=1S/C23H21N5O2/c1-30-22-10-5-18(6-11-22)23-12-20(7-4-19(23)13-24)28(27-15-25-26-16-27)14-17-2-8-21(29)9-3-17/h2-3,5-12,15-16,19,29H,4,14H2,1H3. The second-order valence-electron chi connectivity index (χ2n) is 6.94. The Morgan fingerprint density at radius 1 is 1.13 bits per heavy atom. The van der Waals surface area contributed by atoms with Crippen LogP contribution in [0.2, 0.25) is 0 Å². The number of rotatable bonds is 6. The van der Waals surface area contributed by atoms with Gasteiger partial charge in [0.15, 0.2) is 0 Å². The van der Waals surface area contributed by atoms with E-state index in [1.807, 2.05) is 52.2 Å². The molecule has 1 N–H and O–H groups in total.